The second-order valence-corrected chi connectivity index (χ2v) is 14.1. The number of anilines is 1. The standard InChI is InChI=1S/C34H35Cl2N3O4S/c1-34(2,3)37-33(41)31(21-25-13-7-4-8-14-25)38(23-26-19-20-27(35)22-30(26)36)32(40)24-39(28-15-9-5-10-16-28)44(42,43)29-17-11-6-12-18-29/h4-20,22,31H,21,23-24H2,1-3H3,(H,37,41). The number of hydrogen-bond acceptors (Lipinski definition) is 4. The Hall–Kier alpha value is -3.85. The smallest absolute Gasteiger partial charge is 0.264 e. The van der Waals surface area contributed by atoms with Gasteiger partial charge in [0.1, 0.15) is 12.6 Å². The first-order valence-electron chi connectivity index (χ1n) is 14.1. The summed E-state index contributed by atoms with van der Waals surface area (Å²) in [6.45, 7) is 4.96. The predicted molar refractivity (Wildman–Crippen MR) is 176 cm³/mol. The zero-order valence-corrected chi connectivity index (χ0v) is 27.1. The first kappa shape index (κ1) is 33.1. The van der Waals surface area contributed by atoms with Crippen LogP contribution in [0.4, 0.5) is 5.69 Å². The number of hydrogen-bond donors (Lipinski definition) is 1. The lowest BCUT2D eigenvalue weighted by atomic mass is 10.0. The van der Waals surface area contributed by atoms with Crippen molar-refractivity contribution in [3.8, 4) is 0 Å². The van der Waals surface area contributed by atoms with Crippen molar-refractivity contribution < 1.29 is 18.0 Å². The van der Waals surface area contributed by atoms with Gasteiger partial charge in [-0.3, -0.25) is 13.9 Å². The topological polar surface area (TPSA) is 86.8 Å². The van der Waals surface area contributed by atoms with Gasteiger partial charge in [-0.1, -0.05) is 96.0 Å². The van der Waals surface area contributed by atoms with Gasteiger partial charge in [0.15, 0.2) is 0 Å². The fourth-order valence-electron chi connectivity index (χ4n) is 4.68. The number of nitrogens with zero attached hydrogens (tertiary/aromatic N) is 2. The molecule has 4 aromatic rings. The Labute approximate surface area is 269 Å². The number of halogens is 2. The molecule has 0 radical (unpaired) electrons. The maximum atomic E-state index is 14.5. The Bertz CT molecular complexity index is 1680. The van der Waals surface area contributed by atoms with Crippen LogP contribution in [0.15, 0.2) is 114 Å². The molecule has 10 heteroatoms. The normalized spacial score (nSPS) is 12.3. The van der Waals surface area contributed by atoms with Crippen LogP contribution >= 0.6 is 23.2 Å². The second kappa shape index (κ2) is 14.3. The first-order valence-corrected chi connectivity index (χ1v) is 16.3. The van der Waals surface area contributed by atoms with Gasteiger partial charge in [0.2, 0.25) is 11.8 Å². The highest BCUT2D eigenvalue weighted by atomic mass is 35.5. The van der Waals surface area contributed by atoms with Crippen LogP contribution in [0.2, 0.25) is 10.0 Å². The third kappa shape index (κ3) is 8.62. The summed E-state index contributed by atoms with van der Waals surface area (Å²) >= 11 is 12.7. The summed E-state index contributed by atoms with van der Waals surface area (Å²) in [6, 6.07) is 29.6. The van der Waals surface area contributed by atoms with Gasteiger partial charge in [0, 0.05) is 28.5 Å². The van der Waals surface area contributed by atoms with Crippen molar-refractivity contribution in [2.45, 2.75) is 50.2 Å². The van der Waals surface area contributed by atoms with E-state index in [2.05, 4.69) is 5.32 Å². The van der Waals surface area contributed by atoms with E-state index in [1.807, 2.05) is 51.1 Å². The van der Waals surface area contributed by atoms with E-state index in [0.717, 1.165) is 9.87 Å². The summed E-state index contributed by atoms with van der Waals surface area (Å²) in [5.41, 5.74) is 1.11. The maximum absolute atomic E-state index is 14.5. The number of benzene rings is 4. The van der Waals surface area contributed by atoms with Crippen LogP contribution in [0, 0.1) is 0 Å². The molecule has 4 rings (SSSR count). The van der Waals surface area contributed by atoms with E-state index >= 15 is 0 Å². The second-order valence-electron chi connectivity index (χ2n) is 11.4. The summed E-state index contributed by atoms with van der Waals surface area (Å²) in [4.78, 5) is 29.8. The van der Waals surface area contributed by atoms with E-state index in [1.54, 1.807) is 66.7 Å². The molecule has 0 saturated carbocycles. The first-order chi connectivity index (χ1) is 20.8. The van der Waals surface area contributed by atoms with E-state index in [1.165, 1.54) is 17.0 Å². The fourth-order valence-corrected chi connectivity index (χ4v) is 6.59. The molecular weight excluding hydrogens is 617 g/mol. The summed E-state index contributed by atoms with van der Waals surface area (Å²) in [5, 5.41) is 3.75. The number of amides is 2. The van der Waals surface area contributed by atoms with Crippen LogP contribution in [0.3, 0.4) is 0 Å². The predicted octanol–water partition coefficient (Wildman–Crippen LogP) is 6.74. The minimum atomic E-state index is -4.16. The minimum Gasteiger partial charge on any atom is -0.350 e. The van der Waals surface area contributed by atoms with E-state index < -0.39 is 34.1 Å². The number of carbonyl (C=O) groups excluding carboxylic acids is 2. The number of carbonyl (C=O) groups is 2. The molecule has 7 nitrogen and oxygen atoms in total. The van der Waals surface area contributed by atoms with Gasteiger partial charge >= 0.3 is 0 Å². The summed E-state index contributed by atoms with van der Waals surface area (Å²) in [5.74, 6) is -0.957. The maximum Gasteiger partial charge on any atom is 0.264 e. The highest BCUT2D eigenvalue weighted by Gasteiger charge is 2.35. The van der Waals surface area contributed by atoms with Crippen molar-refractivity contribution in [3.63, 3.8) is 0 Å². The average molecular weight is 653 g/mol. The number of sulfonamides is 1. The van der Waals surface area contributed by atoms with Crippen molar-refractivity contribution >= 4 is 50.7 Å². The molecule has 0 aliphatic heterocycles. The Morgan fingerprint density at radius 2 is 1.39 bits per heavy atom. The van der Waals surface area contributed by atoms with Crippen LogP contribution in [-0.2, 0) is 32.6 Å². The Morgan fingerprint density at radius 1 is 0.818 bits per heavy atom. The van der Waals surface area contributed by atoms with Crippen LogP contribution in [0.5, 0.6) is 0 Å². The number of nitrogens with one attached hydrogen (secondary N) is 1. The van der Waals surface area contributed by atoms with Gasteiger partial charge < -0.3 is 10.2 Å². The van der Waals surface area contributed by atoms with E-state index in [-0.39, 0.29) is 23.8 Å². The van der Waals surface area contributed by atoms with Gasteiger partial charge in [0.25, 0.3) is 10.0 Å². The summed E-state index contributed by atoms with van der Waals surface area (Å²) in [6.07, 6.45) is 0.191. The molecule has 0 saturated heterocycles. The minimum absolute atomic E-state index is 0.0373. The molecule has 44 heavy (non-hydrogen) atoms. The van der Waals surface area contributed by atoms with Gasteiger partial charge in [0.05, 0.1) is 10.6 Å². The Kier molecular flexibility index (Phi) is 10.7. The largest absolute Gasteiger partial charge is 0.350 e. The SMILES string of the molecule is CC(C)(C)NC(=O)C(Cc1ccccc1)N(Cc1ccc(Cl)cc1Cl)C(=O)CN(c1ccccc1)S(=O)(=O)c1ccccc1. The molecule has 0 aliphatic carbocycles. The van der Waals surface area contributed by atoms with Gasteiger partial charge in [-0.2, -0.15) is 0 Å². The van der Waals surface area contributed by atoms with Crippen molar-refractivity contribution in [2.75, 3.05) is 10.8 Å². The monoisotopic (exact) mass is 651 g/mol. The number of rotatable bonds is 11. The third-order valence-electron chi connectivity index (χ3n) is 6.78. The lowest BCUT2D eigenvalue weighted by Gasteiger charge is -2.35. The van der Waals surface area contributed by atoms with Gasteiger partial charge in [-0.05, 0) is 68.3 Å². The quantitative estimate of drug-likeness (QED) is 0.194. The van der Waals surface area contributed by atoms with Crippen LogP contribution in [-0.4, -0.2) is 43.3 Å². The molecular formula is C34H35Cl2N3O4S. The average Bonchev–Trinajstić information content (AvgIpc) is 2.99. The molecule has 0 fully saturated rings. The summed E-state index contributed by atoms with van der Waals surface area (Å²) < 4.78 is 29.0. The van der Waals surface area contributed by atoms with Crippen molar-refractivity contribution in [2.24, 2.45) is 0 Å². The van der Waals surface area contributed by atoms with E-state index in [0.29, 0.717) is 21.3 Å². The van der Waals surface area contributed by atoms with E-state index in [9.17, 15) is 18.0 Å². The molecule has 0 spiro atoms. The van der Waals surface area contributed by atoms with Crippen LogP contribution in [0.25, 0.3) is 0 Å². The molecule has 0 bridgehead atoms. The van der Waals surface area contributed by atoms with Crippen molar-refractivity contribution in [3.05, 3.63) is 130 Å². The van der Waals surface area contributed by atoms with Gasteiger partial charge in [-0.15, -0.1) is 0 Å². The number of para-hydroxylation sites is 1. The Balaban J connectivity index is 1.82. The van der Waals surface area contributed by atoms with Crippen molar-refractivity contribution in [1.82, 2.24) is 10.2 Å². The molecule has 230 valence electrons. The summed E-state index contributed by atoms with van der Waals surface area (Å²) in [7, 11) is -4.16. The molecule has 2 amide bonds. The lowest BCUT2D eigenvalue weighted by Crippen LogP contribution is -2.56. The molecule has 1 N–H and O–H groups in total. The highest BCUT2D eigenvalue weighted by Crippen LogP contribution is 2.27. The lowest BCUT2D eigenvalue weighted by molar-refractivity contribution is -0.140. The van der Waals surface area contributed by atoms with Crippen molar-refractivity contribution in [1.29, 1.82) is 0 Å². The highest BCUT2D eigenvalue weighted by molar-refractivity contribution is 7.92. The molecule has 1 atom stereocenters. The van der Waals surface area contributed by atoms with Crippen LogP contribution in [0.1, 0.15) is 31.9 Å². The fraction of sp³-hybridized carbons (Fsp3) is 0.235. The van der Waals surface area contributed by atoms with Crippen LogP contribution < -0.4 is 9.62 Å². The molecule has 0 aliphatic rings. The molecule has 0 aromatic heterocycles. The molecule has 1 unspecified atom stereocenters. The zero-order valence-electron chi connectivity index (χ0n) is 24.8. The Morgan fingerprint density at radius 3 is 1.95 bits per heavy atom. The van der Waals surface area contributed by atoms with E-state index in [4.69, 9.17) is 23.2 Å². The zero-order chi connectivity index (χ0) is 31.9. The molecule has 4 aromatic carbocycles. The third-order valence-corrected chi connectivity index (χ3v) is 9.15. The van der Waals surface area contributed by atoms with Gasteiger partial charge in [-0.25, -0.2) is 8.42 Å². The molecule has 0 heterocycles.